The number of terminal acetylenes is 1. The molecule has 1 aromatic rings. The molecule has 2 N–H and O–H groups in total. The van der Waals surface area contributed by atoms with Gasteiger partial charge in [-0.05, 0) is 5.92 Å². The summed E-state index contributed by atoms with van der Waals surface area (Å²) in [5, 5.41) is 22.4. The number of aromatic nitrogens is 3. The van der Waals surface area contributed by atoms with Gasteiger partial charge >= 0.3 is 0 Å². The van der Waals surface area contributed by atoms with Crippen LogP contribution in [0.1, 0.15) is 18.5 Å². The fourth-order valence-electron chi connectivity index (χ4n) is 1.52. The van der Waals surface area contributed by atoms with Gasteiger partial charge in [0.05, 0.1) is 12.7 Å². The molecule has 1 fully saturated rings. The Morgan fingerprint density at radius 3 is 3.07 bits per heavy atom. The van der Waals surface area contributed by atoms with Crippen molar-refractivity contribution in [1.29, 1.82) is 0 Å². The Labute approximate surface area is 86.5 Å². The van der Waals surface area contributed by atoms with Gasteiger partial charge in [0.25, 0.3) is 0 Å². The van der Waals surface area contributed by atoms with Crippen molar-refractivity contribution in [3.8, 4) is 12.3 Å². The predicted molar refractivity (Wildman–Crippen MR) is 49.6 cm³/mol. The number of aliphatic hydroxyl groups is 2. The van der Waals surface area contributed by atoms with Gasteiger partial charge in [-0.3, -0.25) is 0 Å². The van der Waals surface area contributed by atoms with Crippen LogP contribution in [0.15, 0.2) is 6.33 Å². The van der Waals surface area contributed by atoms with E-state index in [-0.39, 0.29) is 12.4 Å². The van der Waals surface area contributed by atoms with Gasteiger partial charge in [-0.25, -0.2) is 9.67 Å². The molecule has 0 amide bonds. The lowest BCUT2D eigenvalue weighted by Gasteiger charge is -2.11. The van der Waals surface area contributed by atoms with Crippen molar-refractivity contribution in [2.45, 2.75) is 24.9 Å². The van der Waals surface area contributed by atoms with E-state index in [1.807, 2.05) is 0 Å². The molecule has 0 bridgehead atoms. The molecule has 0 aliphatic carbocycles. The third-order valence-corrected chi connectivity index (χ3v) is 2.32. The molecule has 15 heavy (non-hydrogen) atoms. The normalized spacial score (nSPS) is 30.3. The van der Waals surface area contributed by atoms with Crippen LogP contribution >= 0.6 is 0 Å². The smallest absolute Gasteiger partial charge is 0.225 e. The quantitative estimate of drug-likeness (QED) is 0.604. The summed E-state index contributed by atoms with van der Waals surface area (Å²) in [6, 6.07) is 0. The fraction of sp³-hybridized carbons (Fsp3) is 0.556. The maximum absolute atomic E-state index is 9.50. The summed E-state index contributed by atoms with van der Waals surface area (Å²) in [6.07, 6.45) is 5.29. The van der Waals surface area contributed by atoms with Crippen molar-refractivity contribution in [1.82, 2.24) is 14.8 Å². The third-order valence-electron chi connectivity index (χ3n) is 2.32. The van der Waals surface area contributed by atoms with Gasteiger partial charge in [-0.1, -0.05) is 0 Å². The highest BCUT2D eigenvalue weighted by Crippen LogP contribution is 2.27. The Morgan fingerprint density at radius 1 is 1.73 bits per heavy atom. The topological polar surface area (TPSA) is 80.4 Å². The van der Waals surface area contributed by atoms with Crippen LogP contribution in [0.3, 0.4) is 0 Å². The minimum Gasteiger partial charge on any atom is -0.394 e. The predicted octanol–water partition coefficient (Wildman–Crippen LogP) is -1.10. The monoisotopic (exact) mass is 209 g/mol. The standard InChI is InChI=1S/C9H11N3O3/c1-2-8-10-5-12(11-8)9-3-6(14)7(4-13)15-9/h1,5-7,9,13-14H,3-4H2/t6?,7-,9-/m1/s1. The van der Waals surface area contributed by atoms with E-state index in [1.54, 1.807) is 0 Å². The Kier molecular flexibility index (Phi) is 2.68. The average molecular weight is 209 g/mol. The van der Waals surface area contributed by atoms with Crippen LogP contribution in [0.2, 0.25) is 0 Å². The number of nitrogens with zero attached hydrogens (tertiary/aromatic N) is 3. The van der Waals surface area contributed by atoms with Crippen molar-refractivity contribution in [3.63, 3.8) is 0 Å². The van der Waals surface area contributed by atoms with Gasteiger partial charge in [0.2, 0.25) is 5.82 Å². The lowest BCUT2D eigenvalue weighted by molar-refractivity contribution is -0.0485. The van der Waals surface area contributed by atoms with Gasteiger partial charge < -0.3 is 14.9 Å². The van der Waals surface area contributed by atoms with E-state index >= 15 is 0 Å². The van der Waals surface area contributed by atoms with E-state index in [2.05, 4.69) is 16.0 Å². The van der Waals surface area contributed by atoms with Crippen LogP contribution in [0.5, 0.6) is 0 Å². The SMILES string of the molecule is C#Cc1ncn([C@H]2CC(O)[C@@H](CO)O2)n1. The van der Waals surface area contributed by atoms with E-state index in [9.17, 15) is 5.11 Å². The summed E-state index contributed by atoms with van der Waals surface area (Å²) in [7, 11) is 0. The van der Waals surface area contributed by atoms with Crippen molar-refractivity contribution < 1.29 is 14.9 Å². The van der Waals surface area contributed by atoms with Crippen LogP contribution in [0, 0.1) is 12.3 Å². The molecule has 1 aliphatic heterocycles. The van der Waals surface area contributed by atoms with Crippen LogP contribution in [0.25, 0.3) is 0 Å². The van der Waals surface area contributed by atoms with Crippen molar-refractivity contribution >= 4 is 0 Å². The minimum absolute atomic E-state index is 0.214. The maximum atomic E-state index is 9.50. The van der Waals surface area contributed by atoms with Gasteiger partial charge in [0, 0.05) is 6.42 Å². The average Bonchev–Trinajstić information content (AvgIpc) is 2.83. The first-order valence-electron chi connectivity index (χ1n) is 4.56. The lowest BCUT2D eigenvalue weighted by Crippen LogP contribution is -2.24. The van der Waals surface area contributed by atoms with Gasteiger partial charge in [-0.15, -0.1) is 11.5 Å². The molecule has 80 valence electrons. The van der Waals surface area contributed by atoms with Crippen molar-refractivity contribution in [2.24, 2.45) is 0 Å². The second-order valence-corrected chi connectivity index (χ2v) is 3.31. The largest absolute Gasteiger partial charge is 0.394 e. The molecule has 6 nitrogen and oxygen atoms in total. The van der Waals surface area contributed by atoms with E-state index in [0.717, 1.165) is 0 Å². The molecule has 1 unspecified atom stereocenters. The van der Waals surface area contributed by atoms with E-state index in [4.69, 9.17) is 16.3 Å². The van der Waals surface area contributed by atoms with Gasteiger partial charge in [0.15, 0.2) is 6.23 Å². The number of ether oxygens (including phenoxy) is 1. The molecule has 2 heterocycles. The number of hydrogen-bond acceptors (Lipinski definition) is 5. The first-order chi connectivity index (χ1) is 7.24. The van der Waals surface area contributed by atoms with E-state index in [0.29, 0.717) is 6.42 Å². The first-order valence-corrected chi connectivity index (χ1v) is 4.56. The first kappa shape index (κ1) is 10.1. The Hall–Kier alpha value is -1.42. The molecular weight excluding hydrogens is 198 g/mol. The van der Waals surface area contributed by atoms with Crippen molar-refractivity contribution in [3.05, 3.63) is 12.2 Å². The third kappa shape index (κ3) is 1.85. The summed E-state index contributed by atoms with van der Waals surface area (Å²) in [6.45, 7) is -0.214. The summed E-state index contributed by atoms with van der Waals surface area (Å²) in [5.41, 5.74) is 0. The van der Waals surface area contributed by atoms with Crippen LogP contribution in [-0.4, -0.2) is 43.8 Å². The molecule has 0 aromatic carbocycles. The Balaban J connectivity index is 2.10. The molecule has 3 atom stereocenters. The zero-order valence-electron chi connectivity index (χ0n) is 7.95. The highest BCUT2D eigenvalue weighted by atomic mass is 16.5. The highest BCUT2D eigenvalue weighted by molar-refractivity contribution is 5.12. The van der Waals surface area contributed by atoms with Crippen LogP contribution < -0.4 is 0 Å². The Morgan fingerprint density at radius 2 is 2.53 bits per heavy atom. The van der Waals surface area contributed by atoms with Gasteiger partial charge in [-0.2, -0.15) is 0 Å². The molecule has 1 aliphatic rings. The number of rotatable bonds is 2. The molecule has 1 saturated heterocycles. The molecule has 0 spiro atoms. The fourth-order valence-corrected chi connectivity index (χ4v) is 1.52. The molecule has 6 heteroatoms. The highest BCUT2D eigenvalue weighted by Gasteiger charge is 2.34. The number of hydrogen-bond donors (Lipinski definition) is 2. The zero-order chi connectivity index (χ0) is 10.8. The van der Waals surface area contributed by atoms with Crippen LogP contribution in [-0.2, 0) is 4.74 Å². The van der Waals surface area contributed by atoms with Crippen molar-refractivity contribution in [2.75, 3.05) is 6.61 Å². The Bertz CT molecular complexity index is 384. The lowest BCUT2D eigenvalue weighted by atomic mass is 10.2. The molecule has 0 radical (unpaired) electrons. The maximum Gasteiger partial charge on any atom is 0.225 e. The van der Waals surface area contributed by atoms with Crippen LogP contribution in [0.4, 0.5) is 0 Å². The number of aliphatic hydroxyl groups excluding tert-OH is 2. The summed E-state index contributed by atoms with van der Waals surface area (Å²) < 4.78 is 6.81. The zero-order valence-corrected chi connectivity index (χ0v) is 7.95. The molecule has 2 rings (SSSR count). The van der Waals surface area contributed by atoms with E-state index < -0.39 is 18.4 Å². The van der Waals surface area contributed by atoms with E-state index in [1.165, 1.54) is 11.0 Å². The summed E-state index contributed by atoms with van der Waals surface area (Å²) in [5.74, 6) is 2.58. The minimum atomic E-state index is -0.682. The molecule has 0 saturated carbocycles. The van der Waals surface area contributed by atoms with Gasteiger partial charge in [0.1, 0.15) is 12.4 Å². The second kappa shape index (κ2) is 3.98. The summed E-state index contributed by atoms with van der Waals surface area (Å²) in [4.78, 5) is 3.85. The molecular formula is C9H11N3O3. The second-order valence-electron chi connectivity index (χ2n) is 3.31. The summed E-state index contributed by atoms with van der Waals surface area (Å²) >= 11 is 0. The molecule has 1 aromatic heterocycles.